The van der Waals surface area contributed by atoms with Crippen LogP contribution in [0.5, 0.6) is 11.5 Å². The Morgan fingerprint density at radius 3 is 2.56 bits per heavy atom. The highest BCUT2D eigenvalue weighted by atomic mass is 79.9. The molecule has 39 heavy (non-hydrogen) atoms. The van der Waals surface area contributed by atoms with E-state index in [4.69, 9.17) is 9.47 Å². The second-order valence-corrected chi connectivity index (χ2v) is 10.6. The Morgan fingerprint density at radius 2 is 1.85 bits per heavy atom. The van der Waals surface area contributed by atoms with E-state index in [2.05, 4.69) is 21.2 Å². The molecule has 202 valence electrons. The molecule has 1 aliphatic rings. The van der Waals surface area contributed by atoms with Gasteiger partial charge in [-0.25, -0.2) is 4.39 Å². The topological polar surface area (TPSA) is 84.9 Å². The number of hydrogen-bond donors (Lipinski definition) is 1. The fourth-order valence-corrected chi connectivity index (χ4v) is 5.23. The summed E-state index contributed by atoms with van der Waals surface area (Å²) in [7, 11) is 0. The summed E-state index contributed by atoms with van der Waals surface area (Å²) in [4.78, 5) is 39.4. The highest BCUT2D eigenvalue weighted by Crippen LogP contribution is 2.39. The number of carbonyl (C=O) groups excluding carboxylic acids is 3. The van der Waals surface area contributed by atoms with Crippen molar-refractivity contribution in [3.8, 4) is 11.5 Å². The normalized spacial score (nSPS) is 14.2. The standard InChI is InChI=1S/C29H26BrFN2O5S/c1-4-37-24-13-20(12-22(30)27(24)38-16-19-8-10-21(31)11-9-19)14-25-28(35)33(29(36)39-25)15-26(34)32-23-7-5-6-17(2)18(23)3/h5-14H,4,15-16H2,1-3H3,(H,32,34)/b25-14-. The first kappa shape index (κ1) is 28.4. The van der Waals surface area contributed by atoms with Gasteiger partial charge in [0, 0.05) is 5.69 Å². The molecule has 0 radical (unpaired) electrons. The molecule has 3 amide bonds. The van der Waals surface area contributed by atoms with E-state index < -0.39 is 17.1 Å². The Morgan fingerprint density at radius 1 is 1.10 bits per heavy atom. The van der Waals surface area contributed by atoms with Crippen molar-refractivity contribution in [2.75, 3.05) is 18.5 Å². The minimum atomic E-state index is -0.549. The van der Waals surface area contributed by atoms with Gasteiger partial charge in [-0.05, 0) is 107 Å². The third-order valence-corrected chi connectivity index (χ3v) is 7.48. The molecule has 1 saturated heterocycles. The van der Waals surface area contributed by atoms with Crippen molar-refractivity contribution in [1.82, 2.24) is 4.90 Å². The quantitative estimate of drug-likeness (QED) is 0.266. The maximum Gasteiger partial charge on any atom is 0.294 e. The summed E-state index contributed by atoms with van der Waals surface area (Å²) in [5, 5.41) is 2.25. The number of benzene rings is 3. The lowest BCUT2D eigenvalue weighted by atomic mass is 10.1. The second kappa shape index (κ2) is 12.5. The first-order valence-electron chi connectivity index (χ1n) is 12.1. The largest absolute Gasteiger partial charge is 0.490 e. The van der Waals surface area contributed by atoms with Gasteiger partial charge in [0.05, 0.1) is 16.0 Å². The van der Waals surface area contributed by atoms with Crippen LogP contribution in [0.4, 0.5) is 14.9 Å². The molecule has 4 rings (SSSR count). The van der Waals surface area contributed by atoms with Gasteiger partial charge in [0.1, 0.15) is 19.0 Å². The predicted octanol–water partition coefficient (Wildman–Crippen LogP) is 6.86. The summed E-state index contributed by atoms with van der Waals surface area (Å²) in [6, 6.07) is 15.0. The molecule has 0 aliphatic carbocycles. The molecule has 7 nitrogen and oxygen atoms in total. The van der Waals surface area contributed by atoms with Crippen molar-refractivity contribution in [3.05, 3.63) is 92.0 Å². The molecule has 0 saturated carbocycles. The minimum Gasteiger partial charge on any atom is -0.490 e. The maximum atomic E-state index is 13.2. The summed E-state index contributed by atoms with van der Waals surface area (Å²) in [6.45, 7) is 5.84. The molecule has 0 bridgehead atoms. The Hall–Kier alpha value is -3.63. The average Bonchev–Trinajstić information content (AvgIpc) is 3.14. The average molecular weight is 614 g/mol. The van der Waals surface area contributed by atoms with E-state index in [1.54, 1.807) is 36.4 Å². The fourth-order valence-electron chi connectivity index (χ4n) is 3.82. The summed E-state index contributed by atoms with van der Waals surface area (Å²) >= 11 is 4.27. The molecular formula is C29H26BrFN2O5S. The van der Waals surface area contributed by atoms with Crippen molar-refractivity contribution in [2.24, 2.45) is 0 Å². The first-order valence-corrected chi connectivity index (χ1v) is 13.7. The maximum absolute atomic E-state index is 13.2. The van der Waals surface area contributed by atoms with Crippen LogP contribution < -0.4 is 14.8 Å². The van der Waals surface area contributed by atoms with Gasteiger partial charge in [-0.1, -0.05) is 24.3 Å². The molecule has 0 spiro atoms. The molecule has 0 unspecified atom stereocenters. The Kier molecular flexibility index (Phi) is 9.08. The Labute approximate surface area is 238 Å². The van der Waals surface area contributed by atoms with Gasteiger partial charge >= 0.3 is 0 Å². The molecule has 3 aromatic rings. The van der Waals surface area contributed by atoms with Crippen LogP contribution in [0.15, 0.2) is 64.0 Å². The van der Waals surface area contributed by atoms with Gasteiger partial charge in [-0.3, -0.25) is 19.3 Å². The van der Waals surface area contributed by atoms with Crippen LogP contribution in [0.2, 0.25) is 0 Å². The zero-order chi connectivity index (χ0) is 28.1. The number of thioether (sulfide) groups is 1. The number of nitrogens with one attached hydrogen (secondary N) is 1. The highest BCUT2D eigenvalue weighted by Gasteiger charge is 2.36. The number of imide groups is 1. The molecule has 1 aliphatic heterocycles. The van der Waals surface area contributed by atoms with E-state index in [9.17, 15) is 18.8 Å². The third kappa shape index (κ3) is 6.88. The van der Waals surface area contributed by atoms with Crippen LogP contribution in [0, 0.1) is 19.7 Å². The molecule has 10 heteroatoms. The summed E-state index contributed by atoms with van der Waals surface area (Å²) in [5.74, 6) is -0.448. The number of rotatable bonds is 9. The number of aryl methyl sites for hydroxylation is 1. The molecular weight excluding hydrogens is 587 g/mol. The third-order valence-electron chi connectivity index (χ3n) is 5.98. The smallest absolute Gasteiger partial charge is 0.294 e. The fraction of sp³-hybridized carbons (Fsp3) is 0.207. The van der Waals surface area contributed by atoms with Gasteiger partial charge in [0.2, 0.25) is 5.91 Å². The van der Waals surface area contributed by atoms with Crippen LogP contribution >= 0.6 is 27.7 Å². The minimum absolute atomic E-state index is 0.189. The monoisotopic (exact) mass is 612 g/mol. The van der Waals surface area contributed by atoms with E-state index in [1.807, 2.05) is 32.9 Å². The Balaban J connectivity index is 1.49. The lowest BCUT2D eigenvalue weighted by Crippen LogP contribution is -2.36. The number of nitrogens with zero attached hydrogens (tertiary/aromatic N) is 1. The van der Waals surface area contributed by atoms with Crippen molar-refractivity contribution >= 4 is 56.5 Å². The molecule has 0 aromatic heterocycles. The van der Waals surface area contributed by atoms with Crippen molar-refractivity contribution in [1.29, 1.82) is 0 Å². The van der Waals surface area contributed by atoms with E-state index in [0.29, 0.717) is 33.8 Å². The van der Waals surface area contributed by atoms with Crippen molar-refractivity contribution < 1.29 is 28.2 Å². The van der Waals surface area contributed by atoms with Crippen molar-refractivity contribution in [2.45, 2.75) is 27.4 Å². The van der Waals surface area contributed by atoms with Crippen molar-refractivity contribution in [3.63, 3.8) is 0 Å². The van der Waals surface area contributed by atoms with E-state index >= 15 is 0 Å². The predicted molar refractivity (Wildman–Crippen MR) is 153 cm³/mol. The second-order valence-electron chi connectivity index (χ2n) is 8.74. The first-order chi connectivity index (χ1) is 18.7. The summed E-state index contributed by atoms with van der Waals surface area (Å²) in [5.41, 5.74) is 3.96. The highest BCUT2D eigenvalue weighted by molar-refractivity contribution is 9.10. The number of hydrogen-bond acceptors (Lipinski definition) is 6. The SMILES string of the molecule is CCOc1cc(/C=C2\SC(=O)N(CC(=O)Nc3cccc(C)c3C)C2=O)cc(Br)c1OCc1ccc(F)cc1. The zero-order valence-electron chi connectivity index (χ0n) is 21.5. The molecule has 1 heterocycles. The van der Waals surface area contributed by atoms with Crippen LogP contribution in [-0.4, -0.2) is 35.1 Å². The van der Waals surface area contributed by atoms with E-state index in [0.717, 1.165) is 33.4 Å². The van der Waals surface area contributed by atoms with Gasteiger partial charge in [0.25, 0.3) is 11.1 Å². The van der Waals surface area contributed by atoms with Gasteiger partial charge < -0.3 is 14.8 Å². The molecule has 3 aromatic carbocycles. The van der Waals surface area contributed by atoms with Gasteiger partial charge in [0.15, 0.2) is 11.5 Å². The summed E-state index contributed by atoms with van der Waals surface area (Å²) in [6.07, 6.45) is 1.57. The van der Waals surface area contributed by atoms with Crippen LogP contribution in [-0.2, 0) is 16.2 Å². The van der Waals surface area contributed by atoms with Crippen LogP contribution in [0.1, 0.15) is 29.2 Å². The molecule has 1 fully saturated rings. The van der Waals surface area contributed by atoms with E-state index in [-0.39, 0.29) is 23.9 Å². The van der Waals surface area contributed by atoms with Gasteiger partial charge in [-0.15, -0.1) is 0 Å². The number of amides is 3. The Bertz CT molecular complexity index is 1460. The zero-order valence-corrected chi connectivity index (χ0v) is 23.9. The number of anilines is 1. The number of carbonyl (C=O) groups is 3. The van der Waals surface area contributed by atoms with Crippen LogP contribution in [0.25, 0.3) is 6.08 Å². The number of halogens is 2. The van der Waals surface area contributed by atoms with E-state index in [1.165, 1.54) is 12.1 Å². The lowest BCUT2D eigenvalue weighted by Gasteiger charge is -2.15. The van der Waals surface area contributed by atoms with Crippen LogP contribution in [0.3, 0.4) is 0 Å². The lowest BCUT2D eigenvalue weighted by molar-refractivity contribution is -0.127. The molecule has 1 N–H and O–H groups in total. The summed E-state index contributed by atoms with van der Waals surface area (Å²) < 4.78 is 25.5. The molecule has 0 atom stereocenters. The number of ether oxygens (including phenoxy) is 2. The van der Waals surface area contributed by atoms with Gasteiger partial charge in [-0.2, -0.15) is 0 Å².